The van der Waals surface area contributed by atoms with E-state index in [0.29, 0.717) is 11.6 Å². The van der Waals surface area contributed by atoms with Gasteiger partial charge in [0.25, 0.3) is 0 Å². The molecule has 0 aliphatic carbocycles. The Kier molecular flexibility index (Phi) is 3.55. The zero-order valence-corrected chi connectivity index (χ0v) is 9.85. The van der Waals surface area contributed by atoms with Crippen LogP contribution in [0.3, 0.4) is 0 Å². The Labute approximate surface area is 101 Å². The first-order valence-corrected chi connectivity index (χ1v) is 5.73. The van der Waals surface area contributed by atoms with E-state index in [4.69, 9.17) is 5.73 Å². The van der Waals surface area contributed by atoms with Gasteiger partial charge in [-0.25, -0.2) is 9.97 Å². The summed E-state index contributed by atoms with van der Waals surface area (Å²) >= 11 is 0. The molecule has 1 aromatic carbocycles. The highest BCUT2D eigenvalue weighted by molar-refractivity contribution is 5.60. The second-order valence-electron chi connectivity index (χ2n) is 3.79. The van der Waals surface area contributed by atoms with Crippen molar-refractivity contribution in [2.24, 2.45) is 0 Å². The maximum Gasteiger partial charge on any atom is 0.163 e. The van der Waals surface area contributed by atoms with Crippen LogP contribution in [-0.2, 0) is 0 Å². The van der Waals surface area contributed by atoms with Crippen LogP contribution in [0, 0.1) is 0 Å². The lowest BCUT2D eigenvalue weighted by Crippen LogP contribution is -2.05. The number of nitrogen functional groups attached to an aromatic ring is 1. The minimum atomic E-state index is 0.484. The summed E-state index contributed by atoms with van der Waals surface area (Å²) in [5.41, 5.74) is 6.75. The third-order valence-electron chi connectivity index (χ3n) is 2.33. The zero-order chi connectivity index (χ0) is 12.1. The third kappa shape index (κ3) is 2.93. The minimum Gasteiger partial charge on any atom is -0.384 e. The lowest BCUT2D eigenvalue weighted by Gasteiger charge is -2.07. The minimum absolute atomic E-state index is 0.484. The first kappa shape index (κ1) is 11.4. The molecular formula is C13H16N4. The maximum atomic E-state index is 5.78. The van der Waals surface area contributed by atoms with Crippen molar-refractivity contribution in [3.05, 3.63) is 36.4 Å². The average Bonchev–Trinajstić information content (AvgIpc) is 2.37. The molecule has 0 saturated heterocycles. The number of hydrogen-bond acceptors (Lipinski definition) is 4. The number of hydrogen-bond donors (Lipinski definition) is 2. The summed E-state index contributed by atoms with van der Waals surface area (Å²) < 4.78 is 0. The first-order valence-electron chi connectivity index (χ1n) is 5.73. The van der Waals surface area contributed by atoms with Crippen LogP contribution >= 0.6 is 0 Å². The molecule has 0 aliphatic rings. The normalized spacial score (nSPS) is 10.2. The van der Waals surface area contributed by atoms with Crippen LogP contribution in [0.15, 0.2) is 36.4 Å². The summed E-state index contributed by atoms with van der Waals surface area (Å²) in [5.74, 6) is 1.92. The molecule has 4 heteroatoms. The highest BCUT2D eigenvalue weighted by atomic mass is 15.0. The Morgan fingerprint density at radius 1 is 1.18 bits per heavy atom. The number of nitrogens with two attached hydrogens (primary N) is 1. The SMILES string of the molecule is CCCNc1cc(N)nc(-c2ccccc2)n1. The first-order chi connectivity index (χ1) is 8.29. The van der Waals surface area contributed by atoms with E-state index in [1.807, 2.05) is 30.3 Å². The van der Waals surface area contributed by atoms with E-state index in [1.54, 1.807) is 6.07 Å². The summed E-state index contributed by atoms with van der Waals surface area (Å²) in [5, 5.41) is 3.21. The fourth-order valence-electron chi connectivity index (χ4n) is 1.53. The van der Waals surface area contributed by atoms with E-state index in [9.17, 15) is 0 Å². The molecular weight excluding hydrogens is 212 g/mol. The Hall–Kier alpha value is -2.10. The molecule has 3 N–H and O–H groups in total. The summed E-state index contributed by atoms with van der Waals surface area (Å²) in [6.45, 7) is 2.99. The molecule has 2 aromatic rings. The molecule has 0 amide bonds. The molecule has 0 fully saturated rings. The van der Waals surface area contributed by atoms with Crippen molar-refractivity contribution in [3.8, 4) is 11.4 Å². The molecule has 0 bridgehead atoms. The number of rotatable bonds is 4. The van der Waals surface area contributed by atoms with E-state index in [0.717, 1.165) is 24.3 Å². The van der Waals surface area contributed by atoms with Crippen LogP contribution in [0.2, 0.25) is 0 Å². The molecule has 17 heavy (non-hydrogen) atoms. The second kappa shape index (κ2) is 5.30. The summed E-state index contributed by atoms with van der Waals surface area (Å²) in [6.07, 6.45) is 1.05. The van der Waals surface area contributed by atoms with Gasteiger partial charge in [-0.3, -0.25) is 0 Å². The largest absolute Gasteiger partial charge is 0.384 e. The topological polar surface area (TPSA) is 63.8 Å². The van der Waals surface area contributed by atoms with Gasteiger partial charge in [0.1, 0.15) is 11.6 Å². The molecule has 88 valence electrons. The molecule has 2 rings (SSSR count). The fourth-order valence-corrected chi connectivity index (χ4v) is 1.53. The maximum absolute atomic E-state index is 5.78. The molecule has 0 aliphatic heterocycles. The van der Waals surface area contributed by atoms with E-state index < -0.39 is 0 Å². The van der Waals surface area contributed by atoms with Crippen molar-refractivity contribution in [2.75, 3.05) is 17.6 Å². The van der Waals surface area contributed by atoms with Crippen molar-refractivity contribution in [1.82, 2.24) is 9.97 Å². The molecule has 0 spiro atoms. The summed E-state index contributed by atoms with van der Waals surface area (Å²) in [6, 6.07) is 11.6. The van der Waals surface area contributed by atoms with Gasteiger partial charge in [-0.05, 0) is 6.42 Å². The van der Waals surface area contributed by atoms with Gasteiger partial charge in [-0.15, -0.1) is 0 Å². The van der Waals surface area contributed by atoms with Crippen molar-refractivity contribution in [3.63, 3.8) is 0 Å². The van der Waals surface area contributed by atoms with Gasteiger partial charge >= 0.3 is 0 Å². The van der Waals surface area contributed by atoms with Gasteiger partial charge in [0.15, 0.2) is 5.82 Å². The van der Waals surface area contributed by atoms with Crippen LogP contribution in [0.4, 0.5) is 11.6 Å². The highest BCUT2D eigenvalue weighted by Gasteiger charge is 2.04. The highest BCUT2D eigenvalue weighted by Crippen LogP contribution is 2.18. The van der Waals surface area contributed by atoms with Crippen LogP contribution in [-0.4, -0.2) is 16.5 Å². The van der Waals surface area contributed by atoms with E-state index in [1.165, 1.54) is 0 Å². The second-order valence-corrected chi connectivity index (χ2v) is 3.79. The Morgan fingerprint density at radius 2 is 1.94 bits per heavy atom. The molecule has 0 saturated carbocycles. The Morgan fingerprint density at radius 3 is 2.65 bits per heavy atom. The van der Waals surface area contributed by atoms with Crippen molar-refractivity contribution < 1.29 is 0 Å². The number of nitrogens with one attached hydrogen (secondary N) is 1. The number of anilines is 2. The van der Waals surface area contributed by atoms with Crippen LogP contribution in [0.1, 0.15) is 13.3 Å². The lowest BCUT2D eigenvalue weighted by molar-refractivity contribution is 0.966. The summed E-state index contributed by atoms with van der Waals surface area (Å²) in [4.78, 5) is 8.68. The van der Waals surface area contributed by atoms with Gasteiger partial charge in [0.05, 0.1) is 0 Å². The zero-order valence-electron chi connectivity index (χ0n) is 9.85. The monoisotopic (exact) mass is 228 g/mol. The van der Waals surface area contributed by atoms with E-state index in [-0.39, 0.29) is 0 Å². The van der Waals surface area contributed by atoms with Gasteiger partial charge in [0.2, 0.25) is 0 Å². The van der Waals surface area contributed by atoms with Crippen molar-refractivity contribution in [2.45, 2.75) is 13.3 Å². The van der Waals surface area contributed by atoms with Crippen molar-refractivity contribution in [1.29, 1.82) is 0 Å². The third-order valence-corrected chi connectivity index (χ3v) is 2.33. The average molecular weight is 228 g/mol. The van der Waals surface area contributed by atoms with E-state index in [2.05, 4.69) is 22.2 Å². The Bertz CT molecular complexity index is 482. The van der Waals surface area contributed by atoms with Gasteiger partial charge in [-0.1, -0.05) is 37.3 Å². The predicted molar refractivity (Wildman–Crippen MR) is 70.7 cm³/mol. The molecule has 1 aromatic heterocycles. The summed E-state index contributed by atoms with van der Waals surface area (Å²) in [7, 11) is 0. The lowest BCUT2D eigenvalue weighted by atomic mass is 10.2. The van der Waals surface area contributed by atoms with Gasteiger partial charge < -0.3 is 11.1 Å². The predicted octanol–water partition coefficient (Wildman–Crippen LogP) is 2.55. The quantitative estimate of drug-likeness (QED) is 0.844. The van der Waals surface area contributed by atoms with Gasteiger partial charge in [-0.2, -0.15) is 0 Å². The molecule has 0 atom stereocenters. The molecule has 0 radical (unpaired) electrons. The van der Waals surface area contributed by atoms with E-state index >= 15 is 0 Å². The molecule has 4 nitrogen and oxygen atoms in total. The fraction of sp³-hybridized carbons (Fsp3) is 0.231. The van der Waals surface area contributed by atoms with Crippen LogP contribution in [0.25, 0.3) is 11.4 Å². The van der Waals surface area contributed by atoms with Crippen molar-refractivity contribution >= 4 is 11.6 Å². The molecule has 0 unspecified atom stereocenters. The van der Waals surface area contributed by atoms with Crippen LogP contribution < -0.4 is 11.1 Å². The number of nitrogens with zero attached hydrogens (tertiary/aromatic N) is 2. The molecule has 1 heterocycles. The van der Waals surface area contributed by atoms with Crippen LogP contribution in [0.5, 0.6) is 0 Å². The van der Waals surface area contributed by atoms with Gasteiger partial charge in [0, 0.05) is 18.2 Å². The number of benzene rings is 1. The smallest absolute Gasteiger partial charge is 0.163 e. The number of aromatic nitrogens is 2. The standard InChI is InChI=1S/C13H16N4/c1-2-8-15-12-9-11(14)16-13(17-12)10-6-4-3-5-7-10/h3-7,9H,2,8H2,1H3,(H3,14,15,16,17). The Balaban J connectivity index is 2.32.